The van der Waals surface area contributed by atoms with E-state index in [2.05, 4.69) is 28.6 Å². The number of carbonyl (C=O) groups is 5. The van der Waals surface area contributed by atoms with Crippen LogP contribution in [0, 0.1) is 0 Å². The monoisotopic (exact) mass is 560 g/mol. The third-order valence-electron chi connectivity index (χ3n) is 5.73. The van der Waals surface area contributed by atoms with E-state index in [1.54, 1.807) is 42.5 Å². The summed E-state index contributed by atoms with van der Waals surface area (Å²) in [6.45, 7) is 0. The molecule has 4 unspecified atom stereocenters. The Kier molecular flexibility index (Phi) is 12.2. The summed E-state index contributed by atoms with van der Waals surface area (Å²) in [5, 5.41) is 35.4. The number of hydrogen-bond acceptors (Lipinski definition) is 8. The summed E-state index contributed by atoms with van der Waals surface area (Å²) < 4.78 is 0. The minimum atomic E-state index is -1.29. The largest absolute Gasteiger partial charge is 0.508 e. The van der Waals surface area contributed by atoms with Gasteiger partial charge in [-0.2, -0.15) is 12.6 Å². The molecule has 0 spiro atoms. The van der Waals surface area contributed by atoms with Crippen LogP contribution in [0.5, 0.6) is 5.75 Å². The number of aromatic hydroxyl groups is 1. The molecule has 8 N–H and O–H groups in total. The zero-order valence-electron chi connectivity index (χ0n) is 20.9. The van der Waals surface area contributed by atoms with Crippen LogP contribution in [0.3, 0.4) is 0 Å². The van der Waals surface area contributed by atoms with Crippen LogP contribution in [0.2, 0.25) is 0 Å². The molecule has 210 valence electrons. The lowest BCUT2D eigenvalue weighted by molar-refractivity contribution is -0.142. The molecule has 2 aromatic carbocycles. The molecule has 0 aliphatic rings. The minimum absolute atomic E-state index is 0.00493. The van der Waals surface area contributed by atoms with Gasteiger partial charge in [0.2, 0.25) is 17.7 Å². The SMILES string of the molecule is NC(CCC(=O)O)C(=O)NC(CS)C(=O)NC(Cc1ccc(O)cc1)C(=O)NC(Cc1ccccc1)C(=O)O. The molecule has 0 aromatic heterocycles. The predicted octanol–water partition coefficient (Wildman–Crippen LogP) is -0.162. The third-order valence-corrected chi connectivity index (χ3v) is 6.09. The number of carboxylic acids is 2. The first-order valence-corrected chi connectivity index (χ1v) is 12.7. The quantitative estimate of drug-likeness (QED) is 0.136. The van der Waals surface area contributed by atoms with E-state index in [1.807, 2.05) is 0 Å². The number of rotatable bonds is 15. The van der Waals surface area contributed by atoms with Crippen LogP contribution in [0.1, 0.15) is 24.0 Å². The Morgan fingerprint density at radius 1 is 0.744 bits per heavy atom. The second-order valence-electron chi connectivity index (χ2n) is 8.80. The molecule has 4 atom stereocenters. The molecule has 2 rings (SSSR count). The summed E-state index contributed by atoms with van der Waals surface area (Å²) in [4.78, 5) is 61.2. The molecule has 13 heteroatoms. The Labute approximate surface area is 230 Å². The number of phenols is 1. The van der Waals surface area contributed by atoms with Crippen molar-refractivity contribution in [1.29, 1.82) is 0 Å². The van der Waals surface area contributed by atoms with E-state index in [0.29, 0.717) is 11.1 Å². The van der Waals surface area contributed by atoms with Crippen molar-refractivity contribution in [2.45, 2.75) is 49.9 Å². The molecule has 0 aliphatic heterocycles. The number of thiol groups is 1. The topological polar surface area (TPSA) is 208 Å². The van der Waals surface area contributed by atoms with Crippen molar-refractivity contribution in [2.75, 3.05) is 5.75 Å². The van der Waals surface area contributed by atoms with E-state index >= 15 is 0 Å². The number of carbonyl (C=O) groups excluding carboxylic acids is 3. The number of amides is 3. The molecule has 0 heterocycles. The number of phenolic OH excluding ortho intramolecular Hbond substituents is 1. The highest BCUT2D eigenvalue weighted by molar-refractivity contribution is 7.80. The summed E-state index contributed by atoms with van der Waals surface area (Å²) in [6, 6.07) is 9.65. The highest BCUT2D eigenvalue weighted by atomic mass is 32.1. The number of hydrogen-bond donors (Lipinski definition) is 8. The van der Waals surface area contributed by atoms with Gasteiger partial charge in [0.25, 0.3) is 0 Å². The van der Waals surface area contributed by atoms with Crippen molar-refractivity contribution >= 4 is 42.3 Å². The van der Waals surface area contributed by atoms with Gasteiger partial charge in [0.15, 0.2) is 0 Å². The van der Waals surface area contributed by atoms with Gasteiger partial charge in [0, 0.05) is 25.0 Å². The van der Waals surface area contributed by atoms with Crippen LogP contribution >= 0.6 is 12.6 Å². The molecular formula is C26H32N4O8S. The van der Waals surface area contributed by atoms with Gasteiger partial charge in [-0.15, -0.1) is 0 Å². The van der Waals surface area contributed by atoms with E-state index in [9.17, 15) is 34.2 Å². The van der Waals surface area contributed by atoms with Crippen molar-refractivity contribution in [1.82, 2.24) is 16.0 Å². The maximum absolute atomic E-state index is 13.2. The van der Waals surface area contributed by atoms with Crippen molar-refractivity contribution in [3.05, 3.63) is 65.7 Å². The molecule has 0 radical (unpaired) electrons. The molecule has 39 heavy (non-hydrogen) atoms. The number of nitrogens with one attached hydrogen (secondary N) is 3. The van der Waals surface area contributed by atoms with Crippen LogP contribution in [0.4, 0.5) is 0 Å². The second kappa shape index (κ2) is 15.3. The average Bonchev–Trinajstić information content (AvgIpc) is 2.90. The van der Waals surface area contributed by atoms with Gasteiger partial charge in [0.1, 0.15) is 23.9 Å². The molecule has 2 aromatic rings. The molecule has 0 saturated heterocycles. The Balaban J connectivity index is 2.18. The molecule has 3 amide bonds. The normalized spacial score (nSPS) is 13.8. The van der Waals surface area contributed by atoms with Crippen LogP contribution in [-0.4, -0.2) is 74.9 Å². The number of benzene rings is 2. The van der Waals surface area contributed by atoms with E-state index in [4.69, 9.17) is 10.8 Å². The molecule has 0 fully saturated rings. The predicted molar refractivity (Wildman–Crippen MR) is 144 cm³/mol. The number of carboxylic acid groups (broad SMARTS) is 2. The summed E-state index contributed by atoms with van der Waals surface area (Å²) in [7, 11) is 0. The first-order chi connectivity index (χ1) is 18.5. The highest BCUT2D eigenvalue weighted by Gasteiger charge is 2.30. The minimum Gasteiger partial charge on any atom is -0.508 e. The van der Waals surface area contributed by atoms with Crippen molar-refractivity contribution in [2.24, 2.45) is 5.73 Å². The number of aliphatic carboxylic acids is 2. The second-order valence-corrected chi connectivity index (χ2v) is 9.17. The lowest BCUT2D eigenvalue weighted by Crippen LogP contribution is -2.58. The van der Waals surface area contributed by atoms with Gasteiger partial charge in [-0.25, -0.2) is 4.79 Å². The Bertz CT molecular complexity index is 1150. The molecule has 12 nitrogen and oxygen atoms in total. The standard InChI is InChI=1S/C26H32N4O8S/c27-18(10-11-22(32)33)23(34)30-21(14-39)25(36)28-19(12-16-6-8-17(31)9-7-16)24(35)29-20(26(37)38)13-15-4-2-1-3-5-15/h1-9,18-21,31,39H,10-14,27H2,(H,28,36)(H,29,35)(H,30,34)(H,32,33)(H,37,38). The highest BCUT2D eigenvalue weighted by Crippen LogP contribution is 2.12. The fourth-order valence-electron chi connectivity index (χ4n) is 3.55. The Hall–Kier alpha value is -4.10. The average molecular weight is 561 g/mol. The summed E-state index contributed by atoms with van der Waals surface area (Å²) in [5.74, 6) is -4.88. The van der Waals surface area contributed by atoms with Crippen molar-refractivity contribution < 1.29 is 39.3 Å². The molecule has 0 saturated carbocycles. The smallest absolute Gasteiger partial charge is 0.326 e. The zero-order valence-corrected chi connectivity index (χ0v) is 21.8. The molecule has 0 aliphatic carbocycles. The third kappa shape index (κ3) is 10.7. The first kappa shape index (κ1) is 31.1. The summed E-state index contributed by atoms with van der Waals surface area (Å²) in [5.41, 5.74) is 6.95. The lowest BCUT2D eigenvalue weighted by Gasteiger charge is -2.25. The Morgan fingerprint density at radius 3 is 1.82 bits per heavy atom. The maximum atomic E-state index is 13.2. The lowest BCUT2D eigenvalue weighted by atomic mass is 10.0. The van der Waals surface area contributed by atoms with Crippen LogP contribution in [0.15, 0.2) is 54.6 Å². The maximum Gasteiger partial charge on any atom is 0.326 e. The molecular weight excluding hydrogens is 528 g/mol. The van der Waals surface area contributed by atoms with Crippen LogP contribution in [0.25, 0.3) is 0 Å². The van der Waals surface area contributed by atoms with Gasteiger partial charge in [-0.3, -0.25) is 19.2 Å². The van der Waals surface area contributed by atoms with Crippen molar-refractivity contribution in [3.63, 3.8) is 0 Å². The fraction of sp³-hybridized carbons (Fsp3) is 0.346. The van der Waals surface area contributed by atoms with E-state index in [1.165, 1.54) is 12.1 Å². The number of nitrogens with two attached hydrogens (primary N) is 1. The van der Waals surface area contributed by atoms with E-state index in [0.717, 1.165) is 0 Å². The van der Waals surface area contributed by atoms with E-state index in [-0.39, 0.29) is 37.2 Å². The first-order valence-electron chi connectivity index (χ1n) is 12.0. The van der Waals surface area contributed by atoms with Crippen molar-refractivity contribution in [3.8, 4) is 5.75 Å². The van der Waals surface area contributed by atoms with Gasteiger partial charge in [-0.05, 0) is 29.7 Å². The van der Waals surface area contributed by atoms with Gasteiger partial charge in [0.05, 0.1) is 6.04 Å². The summed E-state index contributed by atoms with van der Waals surface area (Å²) in [6.07, 6.45) is -0.535. The van der Waals surface area contributed by atoms with Gasteiger partial charge >= 0.3 is 11.9 Å². The van der Waals surface area contributed by atoms with Crippen LogP contribution in [-0.2, 0) is 36.8 Å². The zero-order chi connectivity index (χ0) is 28.9. The van der Waals surface area contributed by atoms with Gasteiger partial charge < -0.3 is 37.0 Å². The van der Waals surface area contributed by atoms with Crippen LogP contribution < -0.4 is 21.7 Å². The Morgan fingerprint density at radius 2 is 1.26 bits per heavy atom. The summed E-state index contributed by atoms with van der Waals surface area (Å²) >= 11 is 4.09. The van der Waals surface area contributed by atoms with E-state index < -0.39 is 53.8 Å². The molecule has 0 bridgehead atoms. The fourth-order valence-corrected chi connectivity index (χ4v) is 3.81. The van der Waals surface area contributed by atoms with Gasteiger partial charge in [-0.1, -0.05) is 42.5 Å².